The van der Waals surface area contributed by atoms with Gasteiger partial charge in [0, 0.05) is 12.4 Å². The molecule has 11 aromatic rings. The lowest BCUT2D eigenvalue weighted by Gasteiger charge is -2.19. The van der Waals surface area contributed by atoms with Gasteiger partial charge in [-0.25, -0.2) is 0 Å². The summed E-state index contributed by atoms with van der Waals surface area (Å²) in [6.07, 6.45) is 3.78. The molecule has 0 fully saturated rings. The fraction of sp³-hybridized carbons (Fsp3) is 0.0351. The molecule has 0 atom stereocenters. The fourth-order valence-corrected chi connectivity index (χ4v) is 8.83. The van der Waals surface area contributed by atoms with Crippen molar-refractivity contribution in [2.24, 2.45) is 0 Å². The van der Waals surface area contributed by atoms with Crippen molar-refractivity contribution in [1.29, 1.82) is 0 Å². The van der Waals surface area contributed by atoms with E-state index in [1.807, 2.05) is 26.2 Å². The van der Waals surface area contributed by atoms with Crippen LogP contribution in [0.1, 0.15) is 13.8 Å². The van der Waals surface area contributed by atoms with Crippen LogP contribution in [0.4, 0.5) is 0 Å². The predicted molar refractivity (Wildman–Crippen MR) is 250 cm³/mol. The van der Waals surface area contributed by atoms with E-state index in [0.29, 0.717) is 0 Å². The third-order valence-corrected chi connectivity index (χ3v) is 11.5. The van der Waals surface area contributed by atoms with Gasteiger partial charge >= 0.3 is 0 Å². The fourth-order valence-electron chi connectivity index (χ4n) is 8.83. The standard InChI is InChI=1S/C55H35N.C2H6/c1-2-9-36(10-3-1)44-25-28-51-53(35-44)55(41-29-31-56-32-30-41)50-14-7-6-13-49(50)54(51)40-23-19-38(20-24-40)37-17-21-39(22-18-37)46-15-8-16-47-48(46)27-26-45-33-42-11-4-5-12-43(42)34-52(45)47;1-2/h1-35H;1-2H3. The van der Waals surface area contributed by atoms with Crippen LogP contribution in [0.3, 0.4) is 0 Å². The SMILES string of the molecule is CC.c1ccc(-c2ccc3c(-c4ccc(-c5ccc(-c6cccc7c6ccc6cc8ccccc8cc67)cc5)cc4)c4ccccc4c(-c4ccncc4)c3c2)cc1. The second kappa shape index (κ2) is 15.0. The third kappa shape index (κ3) is 6.09. The zero-order valence-corrected chi connectivity index (χ0v) is 32.7. The molecular formula is C57H41N. The van der Waals surface area contributed by atoms with Crippen molar-refractivity contribution in [1.82, 2.24) is 4.98 Å². The summed E-state index contributed by atoms with van der Waals surface area (Å²) in [4.78, 5) is 4.34. The van der Waals surface area contributed by atoms with E-state index in [1.165, 1.54) is 109 Å². The molecule has 0 aliphatic heterocycles. The van der Waals surface area contributed by atoms with Crippen molar-refractivity contribution in [2.75, 3.05) is 0 Å². The average molecular weight is 740 g/mol. The minimum absolute atomic E-state index is 1.17. The predicted octanol–water partition coefficient (Wildman–Crippen LogP) is 16.2. The molecule has 0 spiro atoms. The van der Waals surface area contributed by atoms with Crippen LogP contribution in [0.5, 0.6) is 0 Å². The van der Waals surface area contributed by atoms with Crippen LogP contribution in [0.25, 0.3) is 109 Å². The van der Waals surface area contributed by atoms with Crippen LogP contribution in [-0.4, -0.2) is 4.98 Å². The summed E-state index contributed by atoms with van der Waals surface area (Å²) in [5.74, 6) is 0. The largest absolute Gasteiger partial charge is 0.265 e. The van der Waals surface area contributed by atoms with E-state index in [2.05, 4.69) is 205 Å². The summed E-state index contributed by atoms with van der Waals surface area (Å²) in [5, 5.41) is 12.6. The number of pyridine rings is 1. The minimum Gasteiger partial charge on any atom is -0.265 e. The summed E-state index contributed by atoms with van der Waals surface area (Å²) in [6.45, 7) is 4.00. The van der Waals surface area contributed by atoms with Crippen molar-refractivity contribution >= 4 is 53.9 Å². The molecule has 58 heavy (non-hydrogen) atoms. The second-order valence-electron chi connectivity index (χ2n) is 14.7. The first-order valence-corrected chi connectivity index (χ1v) is 20.3. The number of benzene rings is 10. The van der Waals surface area contributed by atoms with Gasteiger partial charge in [-0.3, -0.25) is 4.98 Å². The molecule has 0 saturated heterocycles. The Balaban J connectivity index is 0.00000201. The molecule has 0 aliphatic carbocycles. The van der Waals surface area contributed by atoms with E-state index >= 15 is 0 Å². The summed E-state index contributed by atoms with van der Waals surface area (Å²) in [6, 6.07) is 73.4. The summed E-state index contributed by atoms with van der Waals surface area (Å²) in [7, 11) is 0. The van der Waals surface area contributed by atoms with Crippen LogP contribution < -0.4 is 0 Å². The number of hydrogen-bond acceptors (Lipinski definition) is 1. The van der Waals surface area contributed by atoms with Crippen molar-refractivity contribution in [2.45, 2.75) is 13.8 Å². The number of fused-ring (bicyclic) bond motifs is 6. The van der Waals surface area contributed by atoms with Gasteiger partial charge in [0.05, 0.1) is 0 Å². The summed E-state index contributed by atoms with van der Waals surface area (Å²) < 4.78 is 0. The van der Waals surface area contributed by atoms with E-state index in [4.69, 9.17) is 0 Å². The lowest BCUT2D eigenvalue weighted by Crippen LogP contribution is -1.92. The highest BCUT2D eigenvalue weighted by molar-refractivity contribution is 6.22. The summed E-state index contributed by atoms with van der Waals surface area (Å²) in [5.41, 5.74) is 12.2. The minimum atomic E-state index is 1.17. The van der Waals surface area contributed by atoms with Crippen molar-refractivity contribution in [3.8, 4) is 55.6 Å². The van der Waals surface area contributed by atoms with E-state index < -0.39 is 0 Å². The van der Waals surface area contributed by atoms with Crippen LogP contribution >= 0.6 is 0 Å². The van der Waals surface area contributed by atoms with E-state index in [9.17, 15) is 0 Å². The quantitative estimate of drug-likeness (QED) is 0.127. The lowest BCUT2D eigenvalue weighted by molar-refractivity contribution is 1.33. The van der Waals surface area contributed by atoms with Gasteiger partial charge in [-0.1, -0.05) is 184 Å². The molecule has 274 valence electrons. The summed E-state index contributed by atoms with van der Waals surface area (Å²) >= 11 is 0. The first-order valence-electron chi connectivity index (χ1n) is 20.3. The maximum Gasteiger partial charge on any atom is 0.0273 e. The number of hydrogen-bond donors (Lipinski definition) is 0. The molecule has 0 radical (unpaired) electrons. The van der Waals surface area contributed by atoms with Crippen molar-refractivity contribution in [3.63, 3.8) is 0 Å². The van der Waals surface area contributed by atoms with Crippen LogP contribution in [0, 0.1) is 0 Å². The molecule has 1 heteroatoms. The first kappa shape index (κ1) is 35.1. The highest BCUT2D eigenvalue weighted by Gasteiger charge is 2.18. The number of nitrogens with zero attached hydrogens (tertiary/aromatic N) is 1. The maximum absolute atomic E-state index is 4.34. The molecule has 0 bridgehead atoms. The molecular weight excluding hydrogens is 699 g/mol. The Morgan fingerprint density at radius 1 is 0.259 bits per heavy atom. The van der Waals surface area contributed by atoms with Gasteiger partial charge in [0.25, 0.3) is 0 Å². The lowest BCUT2D eigenvalue weighted by atomic mass is 9.85. The molecule has 0 N–H and O–H groups in total. The Hall–Kier alpha value is -7.35. The molecule has 0 amide bonds. The number of aromatic nitrogens is 1. The van der Waals surface area contributed by atoms with E-state index in [-0.39, 0.29) is 0 Å². The Kier molecular flexibility index (Phi) is 9.05. The Labute approximate surface area is 339 Å². The van der Waals surface area contributed by atoms with Gasteiger partial charge in [0.15, 0.2) is 0 Å². The Morgan fingerprint density at radius 2 is 0.759 bits per heavy atom. The molecule has 1 aromatic heterocycles. The second-order valence-corrected chi connectivity index (χ2v) is 14.7. The van der Waals surface area contributed by atoms with Gasteiger partial charge < -0.3 is 0 Å². The Bertz CT molecular complexity index is 3250. The molecule has 10 aromatic carbocycles. The highest BCUT2D eigenvalue weighted by atomic mass is 14.6. The van der Waals surface area contributed by atoms with Crippen LogP contribution in [-0.2, 0) is 0 Å². The smallest absolute Gasteiger partial charge is 0.0273 e. The van der Waals surface area contributed by atoms with Gasteiger partial charge in [0.2, 0.25) is 0 Å². The van der Waals surface area contributed by atoms with Crippen molar-refractivity contribution < 1.29 is 0 Å². The van der Waals surface area contributed by atoms with Gasteiger partial charge in [-0.05, 0) is 140 Å². The topological polar surface area (TPSA) is 12.9 Å². The van der Waals surface area contributed by atoms with Crippen molar-refractivity contribution in [3.05, 3.63) is 213 Å². The zero-order valence-electron chi connectivity index (χ0n) is 32.7. The first-order chi connectivity index (χ1) is 28.8. The molecule has 0 aliphatic rings. The third-order valence-electron chi connectivity index (χ3n) is 11.5. The number of rotatable bonds is 5. The van der Waals surface area contributed by atoms with Crippen LogP contribution in [0.2, 0.25) is 0 Å². The van der Waals surface area contributed by atoms with Gasteiger partial charge in [-0.2, -0.15) is 0 Å². The van der Waals surface area contributed by atoms with Gasteiger partial charge in [-0.15, -0.1) is 0 Å². The molecule has 1 heterocycles. The maximum atomic E-state index is 4.34. The molecule has 11 rings (SSSR count). The molecule has 1 nitrogen and oxygen atoms in total. The monoisotopic (exact) mass is 739 g/mol. The normalized spacial score (nSPS) is 11.3. The molecule has 0 saturated carbocycles. The average Bonchev–Trinajstić information content (AvgIpc) is 3.31. The van der Waals surface area contributed by atoms with Gasteiger partial charge in [0.1, 0.15) is 0 Å². The van der Waals surface area contributed by atoms with E-state index in [1.54, 1.807) is 0 Å². The Morgan fingerprint density at radius 3 is 1.47 bits per heavy atom. The zero-order chi connectivity index (χ0) is 39.0. The van der Waals surface area contributed by atoms with E-state index in [0.717, 1.165) is 0 Å². The molecule has 0 unspecified atom stereocenters. The highest BCUT2D eigenvalue weighted by Crippen LogP contribution is 2.45. The van der Waals surface area contributed by atoms with Crippen LogP contribution in [0.15, 0.2) is 213 Å².